The summed E-state index contributed by atoms with van der Waals surface area (Å²) in [5.74, 6) is -0.0885. The van der Waals surface area contributed by atoms with Crippen molar-refractivity contribution in [2.45, 2.75) is 13.8 Å². The summed E-state index contributed by atoms with van der Waals surface area (Å²) in [6, 6.07) is 10.3. The van der Waals surface area contributed by atoms with Crippen LogP contribution in [0.25, 0.3) is 0 Å². The molecule has 2 aromatic carbocycles. The van der Waals surface area contributed by atoms with E-state index in [9.17, 15) is 13.2 Å². The lowest BCUT2D eigenvalue weighted by Gasteiger charge is -2.23. The van der Waals surface area contributed by atoms with Crippen LogP contribution < -0.4 is 14.4 Å². The number of para-hydroxylation sites is 1. The molecule has 0 aliphatic heterocycles. The number of aryl methyl sites for hydroxylation is 2. The van der Waals surface area contributed by atoms with Crippen LogP contribution in [0.5, 0.6) is 5.75 Å². The first-order valence-electron chi connectivity index (χ1n) is 7.81. The van der Waals surface area contributed by atoms with E-state index >= 15 is 0 Å². The monoisotopic (exact) mass is 396 g/mol. The maximum absolute atomic E-state index is 12.5. The van der Waals surface area contributed by atoms with Crippen molar-refractivity contribution in [2.75, 3.05) is 29.5 Å². The Morgan fingerprint density at radius 2 is 1.85 bits per heavy atom. The third kappa shape index (κ3) is 4.68. The van der Waals surface area contributed by atoms with Crippen molar-refractivity contribution in [3.8, 4) is 5.75 Å². The molecule has 8 heteroatoms. The fourth-order valence-electron chi connectivity index (χ4n) is 2.47. The van der Waals surface area contributed by atoms with E-state index < -0.39 is 15.9 Å². The van der Waals surface area contributed by atoms with Gasteiger partial charge in [-0.2, -0.15) is 0 Å². The molecule has 140 valence electrons. The van der Waals surface area contributed by atoms with Crippen LogP contribution in [0.4, 0.5) is 11.4 Å². The molecule has 26 heavy (non-hydrogen) atoms. The minimum Gasteiger partial charge on any atom is -0.495 e. The molecule has 2 rings (SSSR count). The number of ether oxygens (including phenoxy) is 1. The summed E-state index contributed by atoms with van der Waals surface area (Å²) in [5.41, 5.74) is 2.41. The number of nitrogens with one attached hydrogen (secondary N) is 1. The van der Waals surface area contributed by atoms with Crippen LogP contribution >= 0.6 is 11.6 Å². The fraction of sp³-hybridized carbons (Fsp3) is 0.278. The van der Waals surface area contributed by atoms with E-state index in [1.54, 1.807) is 50.2 Å². The highest BCUT2D eigenvalue weighted by Crippen LogP contribution is 2.31. The Kier molecular flexibility index (Phi) is 6.15. The zero-order valence-electron chi connectivity index (χ0n) is 15.0. The molecule has 0 unspecified atom stereocenters. The summed E-state index contributed by atoms with van der Waals surface area (Å²) < 4.78 is 30.7. The van der Waals surface area contributed by atoms with Gasteiger partial charge in [-0.1, -0.05) is 29.8 Å². The number of carbonyl (C=O) groups excluding carboxylic acids is 1. The molecule has 6 nitrogen and oxygen atoms in total. The van der Waals surface area contributed by atoms with Gasteiger partial charge in [0.05, 0.1) is 24.7 Å². The lowest BCUT2D eigenvalue weighted by Crippen LogP contribution is -2.37. The van der Waals surface area contributed by atoms with Gasteiger partial charge in [-0.05, 0) is 37.1 Å². The Morgan fingerprint density at radius 1 is 1.19 bits per heavy atom. The van der Waals surface area contributed by atoms with Gasteiger partial charge < -0.3 is 10.1 Å². The van der Waals surface area contributed by atoms with Crippen molar-refractivity contribution < 1.29 is 17.9 Å². The number of sulfonamides is 1. The highest BCUT2D eigenvalue weighted by atomic mass is 35.5. The second-order valence-corrected chi connectivity index (χ2v) is 8.22. The van der Waals surface area contributed by atoms with Gasteiger partial charge in [0.25, 0.3) is 0 Å². The number of halogens is 1. The minimum absolute atomic E-state index is 0.353. The number of methoxy groups -OCH3 is 1. The van der Waals surface area contributed by atoms with Crippen LogP contribution in [0.2, 0.25) is 5.02 Å². The van der Waals surface area contributed by atoms with Gasteiger partial charge in [-0.3, -0.25) is 9.10 Å². The number of carbonyl (C=O) groups is 1. The molecule has 1 N–H and O–H groups in total. The molecule has 0 saturated heterocycles. The SMILES string of the molecule is COc1cc(Cl)c(C)cc1NC(=O)CN(c1ccccc1C)S(C)(=O)=O. The lowest BCUT2D eigenvalue weighted by atomic mass is 10.2. The third-order valence-corrected chi connectivity index (χ3v) is 5.36. The molecular formula is C18H21ClN2O4S. The quantitative estimate of drug-likeness (QED) is 0.812. The molecule has 0 spiro atoms. The van der Waals surface area contributed by atoms with Gasteiger partial charge in [0.1, 0.15) is 12.3 Å². The van der Waals surface area contributed by atoms with Crippen LogP contribution in [0.15, 0.2) is 36.4 Å². The van der Waals surface area contributed by atoms with Crippen LogP contribution in [-0.2, 0) is 14.8 Å². The summed E-state index contributed by atoms with van der Waals surface area (Å²) in [6.45, 7) is 3.24. The topological polar surface area (TPSA) is 75.7 Å². The summed E-state index contributed by atoms with van der Waals surface area (Å²) in [4.78, 5) is 12.5. The zero-order chi connectivity index (χ0) is 19.5. The van der Waals surface area contributed by atoms with Crippen LogP contribution in [0.1, 0.15) is 11.1 Å². The highest BCUT2D eigenvalue weighted by molar-refractivity contribution is 7.92. The number of hydrogen-bond acceptors (Lipinski definition) is 4. The average molecular weight is 397 g/mol. The molecule has 0 aliphatic carbocycles. The number of anilines is 2. The van der Waals surface area contributed by atoms with E-state index in [1.165, 1.54) is 7.11 Å². The van der Waals surface area contributed by atoms with Crippen LogP contribution in [-0.4, -0.2) is 34.2 Å². The van der Waals surface area contributed by atoms with Crippen molar-refractivity contribution in [1.82, 2.24) is 0 Å². The second kappa shape index (κ2) is 7.97. The molecule has 0 aliphatic rings. The largest absolute Gasteiger partial charge is 0.495 e. The van der Waals surface area contributed by atoms with Crippen molar-refractivity contribution in [3.05, 3.63) is 52.5 Å². The lowest BCUT2D eigenvalue weighted by molar-refractivity contribution is -0.114. The molecule has 0 aromatic heterocycles. The van der Waals surface area contributed by atoms with Gasteiger partial charge in [0, 0.05) is 11.1 Å². The predicted octanol–water partition coefficient (Wildman–Crippen LogP) is 3.37. The predicted molar refractivity (Wildman–Crippen MR) is 105 cm³/mol. The number of nitrogens with zero attached hydrogens (tertiary/aromatic N) is 1. The van der Waals surface area contributed by atoms with Gasteiger partial charge >= 0.3 is 0 Å². The van der Waals surface area contributed by atoms with Crippen molar-refractivity contribution >= 4 is 38.9 Å². The third-order valence-electron chi connectivity index (χ3n) is 3.83. The van der Waals surface area contributed by atoms with Crippen LogP contribution in [0, 0.1) is 13.8 Å². The van der Waals surface area contributed by atoms with Gasteiger partial charge in [-0.25, -0.2) is 8.42 Å². The fourth-order valence-corrected chi connectivity index (χ4v) is 3.54. The zero-order valence-corrected chi connectivity index (χ0v) is 16.6. The molecule has 0 saturated carbocycles. The second-order valence-electron chi connectivity index (χ2n) is 5.91. The molecule has 0 bridgehead atoms. The molecule has 0 radical (unpaired) electrons. The summed E-state index contributed by atoms with van der Waals surface area (Å²) in [5, 5.41) is 3.20. The summed E-state index contributed by atoms with van der Waals surface area (Å²) in [6.07, 6.45) is 1.07. The summed E-state index contributed by atoms with van der Waals surface area (Å²) in [7, 11) is -2.17. The molecular weight excluding hydrogens is 376 g/mol. The Morgan fingerprint density at radius 3 is 2.42 bits per heavy atom. The molecule has 0 atom stereocenters. The van der Waals surface area contributed by atoms with E-state index in [0.717, 1.165) is 21.7 Å². The van der Waals surface area contributed by atoms with E-state index in [-0.39, 0.29) is 6.54 Å². The van der Waals surface area contributed by atoms with Crippen LogP contribution in [0.3, 0.4) is 0 Å². The molecule has 0 fully saturated rings. The summed E-state index contributed by atoms with van der Waals surface area (Å²) >= 11 is 6.06. The van der Waals surface area contributed by atoms with E-state index in [2.05, 4.69) is 5.32 Å². The van der Waals surface area contributed by atoms with E-state index in [4.69, 9.17) is 16.3 Å². The van der Waals surface area contributed by atoms with E-state index in [0.29, 0.717) is 22.1 Å². The Bertz CT molecular complexity index is 929. The molecule has 0 heterocycles. The minimum atomic E-state index is -3.64. The first-order valence-corrected chi connectivity index (χ1v) is 10.0. The van der Waals surface area contributed by atoms with E-state index in [1.807, 2.05) is 0 Å². The first kappa shape index (κ1) is 20.1. The standard InChI is InChI=1S/C18H21ClN2O4S/c1-12-7-5-6-8-16(12)21(26(4,23)24)11-18(22)20-15-9-13(2)14(19)10-17(15)25-3/h5-10H,11H2,1-4H3,(H,20,22). The number of amides is 1. The Hall–Kier alpha value is -2.25. The highest BCUT2D eigenvalue weighted by Gasteiger charge is 2.22. The number of hydrogen-bond donors (Lipinski definition) is 1. The van der Waals surface area contributed by atoms with Crippen molar-refractivity contribution in [3.63, 3.8) is 0 Å². The maximum atomic E-state index is 12.5. The first-order chi connectivity index (χ1) is 12.1. The molecule has 2 aromatic rings. The normalized spacial score (nSPS) is 11.1. The van der Waals surface area contributed by atoms with Crippen molar-refractivity contribution in [2.24, 2.45) is 0 Å². The smallest absolute Gasteiger partial charge is 0.245 e. The Balaban J connectivity index is 2.30. The number of rotatable bonds is 6. The average Bonchev–Trinajstić information content (AvgIpc) is 2.55. The van der Waals surface area contributed by atoms with Crippen molar-refractivity contribution in [1.29, 1.82) is 0 Å². The number of benzene rings is 2. The van der Waals surface area contributed by atoms with Gasteiger partial charge in [0.15, 0.2) is 0 Å². The van der Waals surface area contributed by atoms with Gasteiger partial charge in [0.2, 0.25) is 15.9 Å². The molecule has 1 amide bonds. The maximum Gasteiger partial charge on any atom is 0.245 e. The Labute approximate surface area is 158 Å². The van der Waals surface area contributed by atoms with Gasteiger partial charge in [-0.15, -0.1) is 0 Å².